The Morgan fingerprint density at radius 1 is 0.300 bits per heavy atom. The van der Waals surface area contributed by atoms with Gasteiger partial charge in [-0.2, -0.15) is 0 Å². The van der Waals surface area contributed by atoms with E-state index in [0.29, 0.717) is 0 Å². The summed E-state index contributed by atoms with van der Waals surface area (Å²) in [6, 6.07) is 0. The molecule has 0 aliphatic carbocycles. The molecule has 4 aromatic carbocycles. The zero-order valence-electron chi connectivity index (χ0n) is 27.7. The highest BCUT2D eigenvalue weighted by Gasteiger charge is 2.23. The number of benzene rings is 4. The molecule has 5 aromatic rings. The third-order valence-electron chi connectivity index (χ3n) is 11.2. The normalized spacial score (nSPS) is 12.0. The van der Waals surface area contributed by atoms with Crippen LogP contribution in [0.5, 0.6) is 0 Å². The Balaban J connectivity index is 1.88. The molecule has 0 saturated heterocycles. The van der Waals surface area contributed by atoms with Crippen LogP contribution in [0.15, 0.2) is 0 Å². The van der Waals surface area contributed by atoms with Gasteiger partial charge in [0.25, 0.3) is 0 Å². The standard InChI is InChI=1S/C39H47N/c1-17-18(2)23(7)35-30(14)37-27(11)32(21(5)25(9)36(37)29(13)34(35)22(17)6)16-33-28(12)38-24(8)19(3)20(4)26(10)39(38)40-31(33)15/h16H2,1-15H3. The van der Waals surface area contributed by atoms with Crippen LogP contribution in [0, 0.1) is 104 Å². The van der Waals surface area contributed by atoms with Gasteiger partial charge in [-0.25, -0.2) is 0 Å². The summed E-state index contributed by atoms with van der Waals surface area (Å²) in [6.45, 7) is 34.5. The van der Waals surface area contributed by atoms with E-state index in [4.69, 9.17) is 4.98 Å². The summed E-state index contributed by atoms with van der Waals surface area (Å²) in [4.78, 5) is 5.25. The fourth-order valence-electron chi connectivity index (χ4n) is 7.91. The van der Waals surface area contributed by atoms with Gasteiger partial charge in [0.2, 0.25) is 0 Å². The van der Waals surface area contributed by atoms with E-state index < -0.39 is 0 Å². The maximum Gasteiger partial charge on any atom is 0.0742 e. The molecule has 0 unspecified atom stereocenters. The van der Waals surface area contributed by atoms with Crippen molar-refractivity contribution in [2.75, 3.05) is 0 Å². The summed E-state index contributed by atoms with van der Waals surface area (Å²) in [5.41, 5.74) is 24.9. The van der Waals surface area contributed by atoms with Gasteiger partial charge in [-0.1, -0.05) is 0 Å². The molecule has 0 N–H and O–H groups in total. The maximum atomic E-state index is 5.25. The molecule has 0 saturated carbocycles. The number of aromatic nitrogens is 1. The second-order valence-corrected chi connectivity index (χ2v) is 12.8. The molecule has 1 nitrogen and oxygen atoms in total. The summed E-state index contributed by atoms with van der Waals surface area (Å²) >= 11 is 0. The lowest BCUT2D eigenvalue weighted by atomic mass is 9.79. The lowest BCUT2D eigenvalue weighted by Crippen LogP contribution is -2.08. The van der Waals surface area contributed by atoms with Crippen molar-refractivity contribution in [3.63, 3.8) is 0 Å². The van der Waals surface area contributed by atoms with Crippen LogP contribution in [0.25, 0.3) is 32.4 Å². The summed E-state index contributed by atoms with van der Waals surface area (Å²) in [6.07, 6.45) is 0.919. The lowest BCUT2D eigenvalue weighted by molar-refractivity contribution is 1.04. The minimum atomic E-state index is 0.919. The lowest BCUT2D eigenvalue weighted by Gasteiger charge is -2.26. The molecular weight excluding hydrogens is 482 g/mol. The minimum Gasteiger partial charge on any atom is -0.253 e. The molecule has 5 rings (SSSR count). The predicted octanol–water partition coefficient (Wildman–Crippen LogP) is 10.8. The van der Waals surface area contributed by atoms with E-state index in [1.807, 2.05) is 0 Å². The van der Waals surface area contributed by atoms with E-state index >= 15 is 0 Å². The fraction of sp³-hybridized carbons (Fsp3) is 0.410. The Hall–Kier alpha value is -3.19. The molecule has 0 aliphatic heterocycles. The highest BCUT2D eigenvalue weighted by molar-refractivity contribution is 6.11. The molecule has 0 aliphatic rings. The summed E-state index contributed by atoms with van der Waals surface area (Å²) < 4.78 is 0. The van der Waals surface area contributed by atoms with E-state index in [0.717, 1.165) is 12.1 Å². The zero-order chi connectivity index (χ0) is 29.7. The van der Waals surface area contributed by atoms with Crippen LogP contribution < -0.4 is 0 Å². The minimum absolute atomic E-state index is 0.919. The third-order valence-corrected chi connectivity index (χ3v) is 11.2. The number of pyridine rings is 1. The van der Waals surface area contributed by atoms with Crippen LogP contribution in [0.4, 0.5) is 0 Å². The van der Waals surface area contributed by atoms with Crippen molar-refractivity contribution < 1.29 is 0 Å². The van der Waals surface area contributed by atoms with Gasteiger partial charge < -0.3 is 0 Å². The Morgan fingerprint density at radius 2 is 0.650 bits per heavy atom. The number of aryl methyl sites for hydroxylation is 10. The van der Waals surface area contributed by atoms with Crippen molar-refractivity contribution in [2.24, 2.45) is 0 Å². The van der Waals surface area contributed by atoms with E-state index in [2.05, 4.69) is 104 Å². The highest BCUT2D eigenvalue weighted by atomic mass is 14.7. The van der Waals surface area contributed by atoms with Gasteiger partial charge in [0.15, 0.2) is 0 Å². The number of fused-ring (bicyclic) bond motifs is 3. The van der Waals surface area contributed by atoms with E-state index in [1.165, 1.54) is 121 Å². The zero-order valence-corrected chi connectivity index (χ0v) is 27.7. The average molecular weight is 530 g/mol. The monoisotopic (exact) mass is 529 g/mol. The molecule has 1 heterocycles. The van der Waals surface area contributed by atoms with Crippen LogP contribution in [-0.4, -0.2) is 4.98 Å². The molecule has 1 heteroatoms. The molecule has 0 bridgehead atoms. The topological polar surface area (TPSA) is 12.9 Å². The number of hydrogen-bond donors (Lipinski definition) is 0. The first-order valence-corrected chi connectivity index (χ1v) is 14.9. The molecule has 0 spiro atoms. The highest BCUT2D eigenvalue weighted by Crippen LogP contribution is 2.43. The Morgan fingerprint density at radius 3 is 1.12 bits per heavy atom. The van der Waals surface area contributed by atoms with Gasteiger partial charge in [-0.15, -0.1) is 0 Å². The largest absolute Gasteiger partial charge is 0.253 e. The fourth-order valence-corrected chi connectivity index (χ4v) is 7.91. The van der Waals surface area contributed by atoms with Gasteiger partial charge in [0.05, 0.1) is 5.52 Å². The molecule has 0 atom stereocenters. The van der Waals surface area contributed by atoms with E-state index in [1.54, 1.807) is 0 Å². The SMILES string of the molecule is Cc1nc2c(C)c(C)c(C)c(C)c2c(C)c1Cc1c(C)c(C)c2c(C)c3c(C)c(C)c(C)c(C)c3c(C)c2c1C. The van der Waals surface area contributed by atoms with E-state index in [9.17, 15) is 0 Å². The van der Waals surface area contributed by atoms with Gasteiger partial charge in [-0.05, 0) is 214 Å². The number of nitrogens with zero attached hydrogens (tertiary/aromatic N) is 1. The summed E-state index contributed by atoms with van der Waals surface area (Å²) in [5, 5.41) is 7.18. The number of rotatable bonds is 2. The maximum absolute atomic E-state index is 5.25. The second-order valence-electron chi connectivity index (χ2n) is 12.8. The number of hydrogen-bond acceptors (Lipinski definition) is 1. The van der Waals surface area contributed by atoms with Crippen molar-refractivity contribution in [3.8, 4) is 0 Å². The van der Waals surface area contributed by atoms with Crippen LogP contribution in [0.2, 0.25) is 0 Å². The first kappa shape index (κ1) is 28.3. The van der Waals surface area contributed by atoms with Crippen molar-refractivity contribution in [1.82, 2.24) is 4.98 Å². The van der Waals surface area contributed by atoms with Crippen LogP contribution >= 0.6 is 0 Å². The Labute approximate surface area is 242 Å². The molecule has 1 aromatic heterocycles. The smallest absolute Gasteiger partial charge is 0.0742 e. The predicted molar refractivity (Wildman–Crippen MR) is 177 cm³/mol. The molecule has 208 valence electrons. The molecule has 0 radical (unpaired) electrons. The van der Waals surface area contributed by atoms with E-state index in [-0.39, 0.29) is 0 Å². The third kappa shape index (κ3) is 3.62. The van der Waals surface area contributed by atoms with Gasteiger partial charge in [0.1, 0.15) is 0 Å². The molecular formula is C39H47N. The van der Waals surface area contributed by atoms with Gasteiger partial charge in [-0.3, -0.25) is 4.98 Å². The average Bonchev–Trinajstić information content (AvgIpc) is 2.91. The van der Waals surface area contributed by atoms with Crippen molar-refractivity contribution in [3.05, 3.63) is 94.7 Å². The van der Waals surface area contributed by atoms with Crippen molar-refractivity contribution >= 4 is 32.4 Å². The summed E-state index contributed by atoms with van der Waals surface area (Å²) in [7, 11) is 0. The van der Waals surface area contributed by atoms with Gasteiger partial charge in [0, 0.05) is 17.5 Å². The summed E-state index contributed by atoms with van der Waals surface area (Å²) in [5.74, 6) is 0. The molecule has 0 fully saturated rings. The first-order chi connectivity index (χ1) is 18.6. The molecule has 40 heavy (non-hydrogen) atoms. The van der Waals surface area contributed by atoms with Crippen molar-refractivity contribution in [1.29, 1.82) is 0 Å². The van der Waals surface area contributed by atoms with Gasteiger partial charge >= 0.3 is 0 Å². The Bertz CT molecular complexity index is 1950. The van der Waals surface area contributed by atoms with Crippen LogP contribution in [0.1, 0.15) is 94.7 Å². The Kier molecular flexibility index (Phi) is 6.69. The first-order valence-electron chi connectivity index (χ1n) is 14.9. The molecule has 0 amide bonds. The van der Waals surface area contributed by atoms with Crippen LogP contribution in [-0.2, 0) is 6.42 Å². The van der Waals surface area contributed by atoms with Crippen LogP contribution in [0.3, 0.4) is 0 Å². The van der Waals surface area contributed by atoms with Crippen molar-refractivity contribution in [2.45, 2.75) is 110 Å². The quantitative estimate of drug-likeness (QED) is 0.207. The second kappa shape index (κ2) is 9.44.